The van der Waals surface area contributed by atoms with E-state index in [-0.39, 0.29) is 11.7 Å². The normalized spacial score (nSPS) is 14.7. The number of piperazine rings is 1. The van der Waals surface area contributed by atoms with Crippen molar-refractivity contribution in [2.75, 3.05) is 38.2 Å². The number of carbonyl (C=O) groups is 1. The second kappa shape index (κ2) is 8.25. The molecule has 27 heavy (non-hydrogen) atoms. The number of benzene rings is 2. The van der Waals surface area contributed by atoms with Crippen LogP contribution in [0, 0.1) is 19.7 Å². The fourth-order valence-electron chi connectivity index (χ4n) is 3.31. The van der Waals surface area contributed by atoms with Gasteiger partial charge in [0.25, 0.3) is 0 Å². The summed E-state index contributed by atoms with van der Waals surface area (Å²) in [5.74, 6) is -0.290. The van der Waals surface area contributed by atoms with E-state index in [1.54, 1.807) is 18.2 Å². The summed E-state index contributed by atoms with van der Waals surface area (Å²) in [6, 6.07) is 11.0. The number of halogens is 1. The van der Waals surface area contributed by atoms with E-state index >= 15 is 0 Å². The predicted molar refractivity (Wildman–Crippen MR) is 107 cm³/mol. The van der Waals surface area contributed by atoms with Gasteiger partial charge >= 0.3 is 0 Å². The number of rotatable bonds is 4. The summed E-state index contributed by atoms with van der Waals surface area (Å²) < 4.78 is 18.6. The van der Waals surface area contributed by atoms with Gasteiger partial charge in [0.05, 0.1) is 7.11 Å². The lowest BCUT2D eigenvalue weighted by molar-refractivity contribution is -0.126. The largest absolute Gasteiger partial charge is 0.494 e. The Morgan fingerprint density at radius 1 is 1.11 bits per heavy atom. The third kappa shape index (κ3) is 4.30. The zero-order valence-corrected chi connectivity index (χ0v) is 16.0. The van der Waals surface area contributed by atoms with Crippen molar-refractivity contribution < 1.29 is 13.9 Å². The molecule has 1 aliphatic heterocycles. The Morgan fingerprint density at radius 2 is 1.85 bits per heavy atom. The van der Waals surface area contributed by atoms with Gasteiger partial charge in [0.2, 0.25) is 5.91 Å². The molecule has 4 nitrogen and oxygen atoms in total. The molecule has 0 atom stereocenters. The number of carbonyl (C=O) groups excluding carboxylic acids is 1. The lowest BCUT2D eigenvalue weighted by atomic mass is 10.1. The molecule has 1 heterocycles. The summed E-state index contributed by atoms with van der Waals surface area (Å²) in [4.78, 5) is 16.6. The third-order valence-corrected chi connectivity index (χ3v) is 5.10. The van der Waals surface area contributed by atoms with Crippen molar-refractivity contribution in [2.45, 2.75) is 13.8 Å². The van der Waals surface area contributed by atoms with Gasteiger partial charge in [0.15, 0.2) is 11.6 Å². The van der Waals surface area contributed by atoms with Crippen molar-refractivity contribution in [1.82, 2.24) is 4.90 Å². The van der Waals surface area contributed by atoms with E-state index < -0.39 is 5.82 Å². The first-order valence-corrected chi connectivity index (χ1v) is 9.11. The molecule has 0 bridgehead atoms. The zero-order chi connectivity index (χ0) is 19.4. The molecular weight excluding hydrogens is 343 g/mol. The summed E-state index contributed by atoms with van der Waals surface area (Å²) in [5.41, 5.74) is 4.45. The van der Waals surface area contributed by atoms with Crippen LogP contribution in [0.1, 0.15) is 16.7 Å². The van der Waals surface area contributed by atoms with Crippen molar-refractivity contribution in [3.8, 4) is 5.75 Å². The highest BCUT2D eigenvalue weighted by Gasteiger charge is 2.21. The monoisotopic (exact) mass is 368 g/mol. The molecule has 2 aromatic carbocycles. The molecule has 0 unspecified atom stereocenters. The number of aryl methyl sites for hydroxylation is 1. The second-order valence-electron chi connectivity index (χ2n) is 6.76. The molecule has 5 heteroatoms. The van der Waals surface area contributed by atoms with Crippen LogP contribution in [0.2, 0.25) is 0 Å². The summed E-state index contributed by atoms with van der Waals surface area (Å²) in [7, 11) is 1.43. The van der Waals surface area contributed by atoms with Gasteiger partial charge in [-0.05, 0) is 54.8 Å². The predicted octanol–water partition coefficient (Wildman–Crippen LogP) is 3.81. The third-order valence-electron chi connectivity index (χ3n) is 5.10. The van der Waals surface area contributed by atoms with Gasteiger partial charge in [-0.1, -0.05) is 18.2 Å². The topological polar surface area (TPSA) is 32.8 Å². The number of nitrogens with zero attached hydrogens (tertiary/aromatic N) is 2. The molecule has 0 N–H and O–H groups in total. The van der Waals surface area contributed by atoms with Crippen LogP contribution in [0.3, 0.4) is 0 Å². The first kappa shape index (κ1) is 19.0. The molecule has 0 spiro atoms. The molecule has 0 aromatic heterocycles. The maximum Gasteiger partial charge on any atom is 0.246 e. The standard InChI is InChI=1S/C22H25FN2O2/c1-16-5-4-6-20(17(16)2)24-11-13-25(14-12-24)22(26)10-8-18-7-9-21(27-3)19(23)15-18/h4-10,15H,11-14H2,1-3H3/b10-8+. The lowest BCUT2D eigenvalue weighted by Crippen LogP contribution is -2.48. The van der Waals surface area contributed by atoms with Gasteiger partial charge in [0.1, 0.15) is 0 Å². The van der Waals surface area contributed by atoms with E-state index in [4.69, 9.17) is 4.74 Å². The van der Waals surface area contributed by atoms with E-state index in [2.05, 4.69) is 36.9 Å². The Hall–Kier alpha value is -2.82. The fourth-order valence-corrected chi connectivity index (χ4v) is 3.31. The van der Waals surface area contributed by atoms with Gasteiger partial charge < -0.3 is 14.5 Å². The van der Waals surface area contributed by atoms with E-state index in [1.165, 1.54) is 36.1 Å². The smallest absolute Gasteiger partial charge is 0.246 e. The van der Waals surface area contributed by atoms with Gasteiger partial charge in [-0.25, -0.2) is 4.39 Å². The molecule has 1 amide bonds. The molecule has 1 saturated heterocycles. The van der Waals surface area contributed by atoms with Crippen molar-refractivity contribution in [3.63, 3.8) is 0 Å². The Bertz CT molecular complexity index is 855. The minimum atomic E-state index is -0.436. The number of methoxy groups -OCH3 is 1. The highest BCUT2D eigenvalue weighted by atomic mass is 19.1. The Labute approximate surface area is 159 Å². The highest BCUT2D eigenvalue weighted by Crippen LogP contribution is 2.24. The molecule has 3 rings (SSSR count). The molecule has 2 aromatic rings. The van der Waals surface area contributed by atoms with E-state index in [0.717, 1.165) is 13.1 Å². The lowest BCUT2D eigenvalue weighted by Gasteiger charge is -2.36. The average Bonchev–Trinajstić information content (AvgIpc) is 2.68. The SMILES string of the molecule is COc1ccc(/C=C/C(=O)N2CCN(c3cccc(C)c3C)CC2)cc1F. The van der Waals surface area contributed by atoms with Gasteiger partial charge in [-0.15, -0.1) is 0 Å². The van der Waals surface area contributed by atoms with Crippen LogP contribution >= 0.6 is 0 Å². The van der Waals surface area contributed by atoms with Crippen molar-refractivity contribution in [2.24, 2.45) is 0 Å². The average molecular weight is 368 g/mol. The molecule has 142 valence electrons. The Morgan fingerprint density at radius 3 is 2.52 bits per heavy atom. The Balaban J connectivity index is 1.60. The van der Waals surface area contributed by atoms with Crippen LogP contribution < -0.4 is 9.64 Å². The van der Waals surface area contributed by atoms with Crippen LogP contribution in [0.5, 0.6) is 5.75 Å². The zero-order valence-electron chi connectivity index (χ0n) is 16.0. The van der Waals surface area contributed by atoms with Crippen LogP contribution in [-0.2, 0) is 4.79 Å². The maximum atomic E-state index is 13.7. The van der Waals surface area contributed by atoms with Crippen molar-refractivity contribution >= 4 is 17.7 Å². The fraction of sp³-hybridized carbons (Fsp3) is 0.318. The first-order valence-electron chi connectivity index (χ1n) is 9.11. The molecule has 0 radical (unpaired) electrons. The summed E-state index contributed by atoms with van der Waals surface area (Å²) >= 11 is 0. The van der Waals surface area contributed by atoms with Crippen molar-refractivity contribution in [1.29, 1.82) is 0 Å². The number of hydrogen-bond acceptors (Lipinski definition) is 3. The van der Waals surface area contributed by atoms with Crippen LogP contribution in [0.4, 0.5) is 10.1 Å². The number of hydrogen-bond donors (Lipinski definition) is 0. The van der Waals surface area contributed by atoms with Gasteiger partial charge in [0, 0.05) is 37.9 Å². The van der Waals surface area contributed by atoms with Crippen LogP contribution in [-0.4, -0.2) is 44.1 Å². The Kier molecular flexibility index (Phi) is 5.79. The van der Waals surface area contributed by atoms with E-state index in [9.17, 15) is 9.18 Å². The molecule has 1 fully saturated rings. The van der Waals surface area contributed by atoms with E-state index in [1.807, 2.05) is 4.90 Å². The van der Waals surface area contributed by atoms with Crippen molar-refractivity contribution in [3.05, 3.63) is 65.0 Å². The van der Waals surface area contributed by atoms with E-state index in [0.29, 0.717) is 18.7 Å². The highest BCUT2D eigenvalue weighted by molar-refractivity contribution is 5.92. The molecule has 0 aliphatic carbocycles. The number of anilines is 1. The summed E-state index contributed by atoms with van der Waals surface area (Å²) in [6.07, 6.45) is 3.15. The molecular formula is C22H25FN2O2. The summed E-state index contributed by atoms with van der Waals surface area (Å²) in [6.45, 7) is 7.22. The quantitative estimate of drug-likeness (QED) is 0.770. The molecule has 1 aliphatic rings. The molecule has 0 saturated carbocycles. The minimum Gasteiger partial charge on any atom is -0.494 e. The second-order valence-corrected chi connectivity index (χ2v) is 6.76. The number of ether oxygens (including phenoxy) is 1. The summed E-state index contributed by atoms with van der Waals surface area (Å²) in [5, 5.41) is 0. The maximum absolute atomic E-state index is 13.7. The van der Waals surface area contributed by atoms with Gasteiger partial charge in [-0.2, -0.15) is 0 Å². The first-order chi connectivity index (χ1) is 13.0. The minimum absolute atomic E-state index is 0.0492. The van der Waals surface area contributed by atoms with Crippen LogP contribution in [0.25, 0.3) is 6.08 Å². The van der Waals surface area contributed by atoms with Crippen LogP contribution in [0.15, 0.2) is 42.5 Å². The number of amides is 1. The van der Waals surface area contributed by atoms with Gasteiger partial charge in [-0.3, -0.25) is 4.79 Å².